The van der Waals surface area contributed by atoms with Crippen LogP contribution in [0.25, 0.3) is 0 Å². The van der Waals surface area contributed by atoms with Crippen LogP contribution in [0.4, 0.5) is 8.78 Å². The molecule has 0 spiro atoms. The van der Waals surface area contributed by atoms with Crippen molar-refractivity contribution >= 4 is 11.9 Å². The third kappa shape index (κ3) is 3.16. The molecule has 1 amide bonds. The van der Waals surface area contributed by atoms with Crippen LogP contribution in [-0.2, 0) is 4.79 Å². The summed E-state index contributed by atoms with van der Waals surface area (Å²) in [6.07, 6.45) is 0. The molecule has 0 aliphatic heterocycles. The predicted molar refractivity (Wildman–Crippen MR) is 57.8 cm³/mol. The van der Waals surface area contributed by atoms with Crippen molar-refractivity contribution < 1.29 is 28.2 Å². The SMILES string of the molecule is COc1cc(C(=O)NC(CF)C(=O)O)ccc1F. The van der Waals surface area contributed by atoms with Gasteiger partial charge < -0.3 is 15.2 Å². The predicted octanol–water partition coefficient (Wildman–Crippen LogP) is 0.987. The van der Waals surface area contributed by atoms with E-state index in [4.69, 9.17) is 5.11 Å². The van der Waals surface area contributed by atoms with E-state index < -0.39 is 30.4 Å². The zero-order valence-corrected chi connectivity index (χ0v) is 9.44. The molecule has 1 aromatic rings. The van der Waals surface area contributed by atoms with Gasteiger partial charge in [-0.3, -0.25) is 4.79 Å². The van der Waals surface area contributed by atoms with Gasteiger partial charge in [0.25, 0.3) is 5.91 Å². The Morgan fingerprint density at radius 1 is 1.50 bits per heavy atom. The number of methoxy groups -OCH3 is 1. The molecule has 7 heteroatoms. The number of carbonyl (C=O) groups excluding carboxylic acids is 1. The van der Waals surface area contributed by atoms with Crippen LogP contribution in [-0.4, -0.2) is 36.8 Å². The summed E-state index contributed by atoms with van der Waals surface area (Å²) in [5.74, 6) is -3.12. The van der Waals surface area contributed by atoms with Gasteiger partial charge in [-0.2, -0.15) is 0 Å². The Morgan fingerprint density at radius 2 is 2.17 bits per heavy atom. The molecule has 0 aliphatic rings. The lowest BCUT2D eigenvalue weighted by molar-refractivity contribution is -0.139. The molecule has 1 rings (SSSR count). The van der Waals surface area contributed by atoms with Gasteiger partial charge in [-0.15, -0.1) is 0 Å². The lowest BCUT2D eigenvalue weighted by Gasteiger charge is -2.11. The van der Waals surface area contributed by atoms with Crippen molar-refractivity contribution in [3.8, 4) is 5.75 Å². The Morgan fingerprint density at radius 3 is 2.67 bits per heavy atom. The van der Waals surface area contributed by atoms with Crippen molar-refractivity contribution in [3.05, 3.63) is 29.6 Å². The summed E-state index contributed by atoms with van der Waals surface area (Å²) in [5, 5.41) is 10.5. The summed E-state index contributed by atoms with van der Waals surface area (Å²) in [5.41, 5.74) is -0.0204. The molecule has 0 heterocycles. The summed E-state index contributed by atoms with van der Waals surface area (Å²) in [4.78, 5) is 22.1. The minimum atomic E-state index is -1.63. The highest BCUT2D eigenvalue weighted by atomic mass is 19.1. The molecule has 0 bridgehead atoms. The largest absolute Gasteiger partial charge is 0.494 e. The minimum Gasteiger partial charge on any atom is -0.494 e. The van der Waals surface area contributed by atoms with E-state index in [1.165, 1.54) is 7.11 Å². The second-order valence-corrected chi connectivity index (χ2v) is 3.37. The number of carboxylic acids is 1. The van der Waals surface area contributed by atoms with E-state index in [1.54, 1.807) is 0 Å². The van der Waals surface area contributed by atoms with E-state index in [0.29, 0.717) is 0 Å². The van der Waals surface area contributed by atoms with Gasteiger partial charge in [0.15, 0.2) is 17.6 Å². The normalized spacial score (nSPS) is 11.7. The molecule has 0 saturated heterocycles. The number of carboxylic acid groups (broad SMARTS) is 1. The summed E-state index contributed by atoms with van der Waals surface area (Å²) < 4.78 is 30.1. The Bertz CT molecular complexity index is 464. The van der Waals surface area contributed by atoms with Gasteiger partial charge in [-0.25, -0.2) is 13.6 Å². The molecule has 1 unspecified atom stereocenters. The van der Waals surface area contributed by atoms with Crippen LogP contribution in [0.1, 0.15) is 10.4 Å². The first-order chi connectivity index (χ1) is 8.49. The molecule has 0 fully saturated rings. The monoisotopic (exact) mass is 259 g/mol. The summed E-state index contributed by atoms with van der Waals surface area (Å²) in [7, 11) is 1.22. The average molecular weight is 259 g/mol. The lowest BCUT2D eigenvalue weighted by Crippen LogP contribution is -2.42. The van der Waals surface area contributed by atoms with Crippen molar-refractivity contribution in [2.45, 2.75) is 6.04 Å². The van der Waals surface area contributed by atoms with Gasteiger partial charge in [0, 0.05) is 5.56 Å². The minimum absolute atomic E-state index is 0.0204. The van der Waals surface area contributed by atoms with Crippen LogP contribution in [0.5, 0.6) is 5.75 Å². The number of halogens is 2. The number of nitrogens with one attached hydrogen (secondary N) is 1. The average Bonchev–Trinajstić information content (AvgIpc) is 2.35. The summed E-state index contributed by atoms with van der Waals surface area (Å²) in [6.45, 7) is -1.24. The van der Waals surface area contributed by atoms with E-state index in [1.807, 2.05) is 5.32 Å². The molecule has 2 N–H and O–H groups in total. The van der Waals surface area contributed by atoms with Crippen LogP contribution in [0, 0.1) is 5.82 Å². The van der Waals surface area contributed by atoms with E-state index in [2.05, 4.69) is 4.74 Å². The molecule has 1 atom stereocenters. The quantitative estimate of drug-likeness (QED) is 0.826. The first kappa shape index (κ1) is 13.9. The van der Waals surface area contributed by atoms with Crippen LogP contribution in [0.3, 0.4) is 0 Å². The molecule has 0 aromatic heterocycles. The molecule has 1 aromatic carbocycles. The third-order valence-corrected chi connectivity index (χ3v) is 2.17. The zero-order valence-electron chi connectivity index (χ0n) is 9.44. The van der Waals surface area contributed by atoms with Crippen molar-refractivity contribution in [2.75, 3.05) is 13.8 Å². The van der Waals surface area contributed by atoms with Gasteiger partial charge in [0.1, 0.15) is 6.67 Å². The first-order valence-electron chi connectivity index (χ1n) is 4.92. The molecule has 0 radical (unpaired) electrons. The Labute approximate surface area is 101 Å². The lowest BCUT2D eigenvalue weighted by atomic mass is 10.2. The summed E-state index contributed by atoms with van der Waals surface area (Å²) in [6, 6.07) is 1.61. The maximum absolute atomic E-state index is 13.1. The highest BCUT2D eigenvalue weighted by Gasteiger charge is 2.21. The molecule has 18 heavy (non-hydrogen) atoms. The van der Waals surface area contributed by atoms with Crippen molar-refractivity contribution in [1.29, 1.82) is 0 Å². The smallest absolute Gasteiger partial charge is 0.328 e. The number of carbonyl (C=O) groups is 2. The maximum atomic E-state index is 13.1. The number of hydrogen-bond acceptors (Lipinski definition) is 3. The highest BCUT2D eigenvalue weighted by Crippen LogP contribution is 2.18. The van der Waals surface area contributed by atoms with Gasteiger partial charge in [0.2, 0.25) is 0 Å². The van der Waals surface area contributed by atoms with E-state index in [0.717, 1.165) is 18.2 Å². The molecular weight excluding hydrogens is 248 g/mol. The van der Waals surface area contributed by atoms with Gasteiger partial charge in [-0.1, -0.05) is 0 Å². The van der Waals surface area contributed by atoms with Crippen molar-refractivity contribution in [1.82, 2.24) is 5.32 Å². The number of ether oxygens (including phenoxy) is 1. The van der Waals surface area contributed by atoms with Crippen molar-refractivity contribution in [2.24, 2.45) is 0 Å². The number of alkyl halides is 1. The number of amides is 1. The fraction of sp³-hybridized carbons (Fsp3) is 0.273. The highest BCUT2D eigenvalue weighted by molar-refractivity contribution is 5.96. The van der Waals surface area contributed by atoms with E-state index in [-0.39, 0.29) is 11.3 Å². The fourth-order valence-electron chi connectivity index (χ4n) is 1.21. The Kier molecular flexibility index (Phi) is 4.59. The standard InChI is InChI=1S/C11H11F2NO4/c1-18-9-4-6(2-3-7(9)13)10(15)14-8(5-12)11(16)17/h2-4,8H,5H2,1H3,(H,14,15)(H,16,17). The first-order valence-corrected chi connectivity index (χ1v) is 4.92. The Balaban J connectivity index is 2.87. The van der Waals surface area contributed by atoms with Crippen LogP contribution < -0.4 is 10.1 Å². The van der Waals surface area contributed by atoms with Crippen LogP contribution in [0.2, 0.25) is 0 Å². The molecule has 5 nitrogen and oxygen atoms in total. The number of benzene rings is 1. The molecule has 98 valence electrons. The number of hydrogen-bond donors (Lipinski definition) is 2. The second-order valence-electron chi connectivity index (χ2n) is 3.37. The van der Waals surface area contributed by atoms with Crippen LogP contribution in [0.15, 0.2) is 18.2 Å². The van der Waals surface area contributed by atoms with Crippen molar-refractivity contribution in [3.63, 3.8) is 0 Å². The van der Waals surface area contributed by atoms with Gasteiger partial charge in [-0.05, 0) is 18.2 Å². The Hall–Kier alpha value is -2.18. The molecule has 0 saturated carbocycles. The number of aliphatic carboxylic acids is 1. The summed E-state index contributed by atoms with van der Waals surface area (Å²) >= 11 is 0. The topological polar surface area (TPSA) is 75.6 Å². The molecular formula is C11H11F2NO4. The van der Waals surface area contributed by atoms with Crippen LogP contribution >= 0.6 is 0 Å². The van der Waals surface area contributed by atoms with E-state index in [9.17, 15) is 18.4 Å². The second kappa shape index (κ2) is 5.95. The zero-order chi connectivity index (χ0) is 13.7. The maximum Gasteiger partial charge on any atom is 0.328 e. The van der Waals surface area contributed by atoms with E-state index >= 15 is 0 Å². The molecule has 0 aliphatic carbocycles. The number of rotatable bonds is 5. The van der Waals surface area contributed by atoms with Gasteiger partial charge >= 0.3 is 5.97 Å². The fourth-order valence-corrected chi connectivity index (χ4v) is 1.21. The third-order valence-electron chi connectivity index (χ3n) is 2.17. The van der Waals surface area contributed by atoms with Gasteiger partial charge in [0.05, 0.1) is 7.11 Å².